The Kier molecular flexibility index (Phi) is 6.05. The lowest BCUT2D eigenvalue weighted by atomic mass is 10.1. The minimum absolute atomic E-state index is 0.193. The number of ether oxygens (including phenoxy) is 1. The summed E-state index contributed by atoms with van der Waals surface area (Å²) in [6.07, 6.45) is 0. The molecule has 0 amide bonds. The van der Waals surface area contributed by atoms with Crippen LogP contribution in [0.25, 0.3) is 11.3 Å². The Balaban J connectivity index is 1.60. The molecule has 1 fully saturated rings. The molecule has 2 aromatic carbocycles. The third-order valence-electron chi connectivity index (χ3n) is 5.85. The van der Waals surface area contributed by atoms with Crippen molar-refractivity contribution in [3.8, 4) is 17.0 Å². The summed E-state index contributed by atoms with van der Waals surface area (Å²) in [6, 6.07) is 11.5. The van der Waals surface area contributed by atoms with Crippen molar-refractivity contribution in [2.24, 2.45) is 0 Å². The summed E-state index contributed by atoms with van der Waals surface area (Å²) in [5, 5.41) is 2.88. The number of benzene rings is 2. The fourth-order valence-electron chi connectivity index (χ4n) is 3.92. The monoisotopic (exact) mass is 457 g/mol. The average molecular weight is 458 g/mol. The van der Waals surface area contributed by atoms with Gasteiger partial charge in [-0.2, -0.15) is 4.31 Å². The van der Waals surface area contributed by atoms with Gasteiger partial charge in [-0.1, -0.05) is 12.1 Å². The molecule has 0 aliphatic carbocycles. The van der Waals surface area contributed by atoms with Crippen LogP contribution in [-0.2, 0) is 10.0 Å². The highest BCUT2D eigenvalue weighted by Gasteiger charge is 2.31. The van der Waals surface area contributed by atoms with Gasteiger partial charge in [0.15, 0.2) is 0 Å². The van der Waals surface area contributed by atoms with Gasteiger partial charge in [0.25, 0.3) is 0 Å². The van der Waals surface area contributed by atoms with E-state index >= 15 is 0 Å². The van der Waals surface area contributed by atoms with Gasteiger partial charge in [0.1, 0.15) is 10.6 Å². The molecule has 6 nitrogen and oxygen atoms in total. The van der Waals surface area contributed by atoms with Crippen LogP contribution in [-0.4, -0.2) is 51.0 Å². The van der Waals surface area contributed by atoms with Gasteiger partial charge < -0.3 is 9.64 Å². The van der Waals surface area contributed by atoms with Crippen LogP contribution in [0.1, 0.15) is 16.1 Å². The third kappa shape index (κ3) is 4.20. The molecule has 0 unspecified atom stereocenters. The maximum Gasteiger partial charge on any atom is 0.246 e. The predicted octanol–water partition coefficient (Wildman–Crippen LogP) is 4.25. The van der Waals surface area contributed by atoms with E-state index in [0.717, 1.165) is 16.3 Å². The van der Waals surface area contributed by atoms with E-state index < -0.39 is 10.0 Å². The second-order valence-electron chi connectivity index (χ2n) is 7.73. The van der Waals surface area contributed by atoms with Crippen molar-refractivity contribution in [3.63, 3.8) is 0 Å². The molecule has 8 heteroatoms. The van der Waals surface area contributed by atoms with Gasteiger partial charge in [-0.3, -0.25) is 0 Å². The standard InChI is InChI=1S/C23H27N3O3S2/c1-16-6-5-7-21(17(16)2)25-10-12-26(13-11-25)31(27,28)23-14-19(8-9-22(23)29-4)20-15-30-18(3)24-20/h5-9,14-15H,10-13H2,1-4H3. The first-order chi connectivity index (χ1) is 14.8. The van der Waals surface area contributed by atoms with Crippen LogP contribution in [0.2, 0.25) is 0 Å². The molecule has 0 bridgehead atoms. The lowest BCUT2D eigenvalue weighted by Crippen LogP contribution is -2.48. The lowest BCUT2D eigenvalue weighted by molar-refractivity contribution is 0.374. The second kappa shape index (κ2) is 8.61. The van der Waals surface area contributed by atoms with Gasteiger partial charge in [-0.05, 0) is 56.2 Å². The fourth-order valence-corrected chi connectivity index (χ4v) is 6.15. The quantitative estimate of drug-likeness (QED) is 0.573. The lowest BCUT2D eigenvalue weighted by Gasteiger charge is -2.36. The topological polar surface area (TPSA) is 62.7 Å². The Hall–Kier alpha value is -2.42. The number of hydrogen-bond acceptors (Lipinski definition) is 6. The van der Waals surface area contributed by atoms with E-state index in [2.05, 4.69) is 41.9 Å². The Bertz CT molecular complexity index is 1200. The first kappa shape index (κ1) is 21.8. The summed E-state index contributed by atoms with van der Waals surface area (Å²) < 4.78 is 34.0. The predicted molar refractivity (Wildman–Crippen MR) is 126 cm³/mol. The zero-order valence-electron chi connectivity index (χ0n) is 18.3. The molecule has 0 atom stereocenters. The van der Waals surface area contributed by atoms with Crippen LogP contribution in [0.5, 0.6) is 5.75 Å². The molecular formula is C23H27N3O3S2. The van der Waals surface area contributed by atoms with Crippen LogP contribution in [0.15, 0.2) is 46.7 Å². The number of anilines is 1. The molecule has 1 aliphatic heterocycles. The minimum atomic E-state index is -3.70. The van der Waals surface area contributed by atoms with Gasteiger partial charge in [-0.25, -0.2) is 13.4 Å². The highest BCUT2D eigenvalue weighted by atomic mass is 32.2. The van der Waals surface area contributed by atoms with E-state index in [4.69, 9.17) is 4.74 Å². The normalized spacial score (nSPS) is 15.3. The van der Waals surface area contributed by atoms with Crippen molar-refractivity contribution in [2.45, 2.75) is 25.7 Å². The van der Waals surface area contributed by atoms with Crippen LogP contribution >= 0.6 is 11.3 Å². The SMILES string of the molecule is COc1ccc(-c2csc(C)n2)cc1S(=O)(=O)N1CCN(c2cccc(C)c2C)CC1. The minimum Gasteiger partial charge on any atom is -0.495 e. The van der Waals surface area contributed by atoms with Crippen molar-refractivity contribution in [1.82, 2.24) is 9.29 Å². The van der Waals surface area contributed by atoms with Crippen molar-refractivity contribution < 1.29 is 13.2 Å². The van der Waals surface area contributed by atoms with Gasteiger partial charge >= 0.3 is 0 Å². The molecule has 1 aromatic heterocycles. The second-order valence-corrected chi connectivity index (χ2v) is 10.7. The maximum atomic E-state index is 13.5. The fraction of sp³-hybridized carbons (Fsp3) is 0.348. The van der Waals surface area contributed by atoms with Crippen LogP contribution in [0.3, 0.4) is 0 Å². The van der Waals surface area contributed by atoms with Crippen molar-refractivity contribution in [3.05, 3.63) is 57.9 Å². The maximum absolute atomic E-state index is 13.5. The number of aromatic nitrogens is 1. The number of hydrogen-bond donors (Lipinski definition) is 0. The number of sulfonamides is 1. The van der Waals surface area contributed by atoms with Crippen LogP contribution in [0.4, 0.5) is 5.69 Å². The Morgan fingerprint density at radius 2 is 1.77 bits per heavy atom. The van der Waals surface area contributed by atoms with Crippen molar-refractivity contribution >= 4 is 27.0 Å². The van der Waals surface area contributed by atoms with E-state index in [1.807, 2.05) is 18.4 Å². The number of aryl methyl sites for hydroxylation is 2. The molecule has 1 saturated heterocycles. The Morgan fingerprint density at radius 1 is 1.03 bits per heavy atom. The highest BCUT2D eigenvalue weighted by molar-refractivity contribution is 7.89. The van der Waals surface area contributed by atoms with E-state index in [-0.39, 0.29) is 4.90 Å². The van der Waals surface area contributed by atoms with Crippen molar-refractivity contribution in [1.29, 1.82) is 0 Å². The van der Waals surface area contributed by atoms with Gasteiger partial charge in [0.05, 0.1) is 17.8 Å². The summed E-state index contributed by atoms with van der Waals surface area (Å²) in [6.45, 7) is 8.31. The molecule has 4 rings (SSSR count). The number of rotatable bonds is 5. The van der Waals surface area contributed by atoms with Gasteiger partial charge in [0, 0.05) is 42.8 Å². The van der Waals surface area contributed by atoms with E-state index in [1.165, 1.54) is 23.9 Å². The van der Waals surface area contributed by atoms with Gasteiger partial charge in [0.2, 0.25) is 10.0 Å². The number of piperazine rings is 1. The smallest absolute Gasteiger partial charge is 0.246 e. The Labute approximate surface area is 188 Å². The van der Waals surface area contributed by atoms with E-state index in [0.29, 0.717) is 31.9 Å². The molecular weight excluding hydrogens is 430 g/mol. The zero-order chi connectivity index (χ0) is 22.2. The van der Waals surface area contributed by atoms with Crippen LogP contribution < -0.4 is 9.64 Å². The first-order valence-corrected chi connectivity index (χ1v) is 12.5. The summed E-state index contributed by atoms with van der Waals surface area (Å²) in [4.78, 5) is 6.95. The number of thiazole rings is 1. The summed E-state index contributed by atoms with van der Waals surface area (Å²) in [5.74, 6) is 0.354. The zero-order valence-corrected chi connectivity index (χ0v) is 19.9. The molecule has 3 aromatic rings. The molecule has 0 N–H and O–H groups in total. The van der Waals surface area contributed by atoms with Gasteiger partial charge in [-0.15, -0.1) is 11.3 Å². The van der Waals surface area contributed by atoms with E-state index in [1.54, 1.807) is 27.8 Å². The van der Waals surface area contributed by atoms with E-state index in [9.17, 15) is 8.42 Å². The third-order valence-corrected chi connectivity index (χ3v) is 8.54. The molecule has 0 radical (unpaired) electrons. The molecule has 0 spiro atoms. The molecule has 31 heavy (non-hydrogen) atoms. The average Bonchev–Trinajstić information content (AvgIpc) is 3.21. The number of methoxy groups -OCH3 is 1. The summed E-state index contributed by atoms with van der Waals surface area (Å²) >= 11 is 1.54. The molecule has 0 saturated carbocycles. The van der Waals surface area contributed by atoms with Crippen LogP contribution in [0, 0.1) is 20.8 Å². The Morgan fingerprint density at radius 3 is 2.42 bits per heavy atom. The number of nitrogens with zero attached hydrogens (tertiary/aromatic N) is 3. The summed E-state index contributed by atoms with van der Waals surface area (Å²) in [7, 11) is -2.20. The summed E-state index contributed by atoms with van der Waals surface area (Å²) in [5.41, 5.74) is 5.22. The molecule has 1 aliphatic rings. The van der Waals surface area contributed by atoms with Crippen molar-refractivity contribution in [2.75, 3.05) is 38.2 Å². The largest absolute Gasteiger partial charge is 0.495 e. The highest BCUT2D eigenvalue weighted by Crippen LogP contribution is 2.33. The molecule has 2 heterocycles. The molecule has 164 valence electrons. The first-order valence-electron chi connectivity index (χ1n) is 10.2.